The molecule has 26 heavy (non-hydrogen) atoms. The highest BCUT2D eigenvalue weighted by Gasteiger charge is 2.26. The van der Waals surface area contributed by atoms with E-state index in [-0.39, 0.29) is 11.8 Å². The minimum absolute atomic E-state index is 0.0620. The first-order valence-corrected chi connectivity index (χ1v) is 9.07. The molecule has 1 aliphatic rings. The summed E-state index contributed by atoms with van der Waals surface area (Å²) < 4.78 is 0. The molecule has 1 heterocycles. The second-order valence-corrected chi connectivity index (χ2v) is 6.79. The van der Waals surface area contributed by atoms with Gasteiger partial charge in [0.25, 0.3) is 5.91 Å². The first-order valence-electron chi connectivity index (χ1n) is 8.70. The van der Waals surface area contributed by atoms with E-state index < -0.39 is 6.04 Å². The van der Waals surface area contributed by atoms with Gasteiger partial charge in [0, 0.05) is 42.5 Å². The van der Waals surface area contributed by atoms with Crippen molar-refractivity contribution in [3.8, 4) is 0 Å². The van der Waals surface area contributed by atoms with E-state index in [9.17, 15) is 9.59 Å². The molecule has 5 nitrogen and oxygen atoms in total. The van der Waals surface area contributed by atoms with Gasteiger partial charge in [0.2, 0.25) is 5.91 Å². The molecule has 2 aromatic carbocycles. The molecule has 1 fully saturated rings. The number of amides is 2. The van der Waals surface area contributed by atoms with Crippen molar-refractivity contribution < 1.29 is 9.59 Å². The molecule has 0 aliphatic carbocycles. The first kappa shape index (κ1) is 18.3. The number of hydrogen-bond acceptors (Lipinski definition) is 3. The maximum Gasteiger partial charge on any atom is 0.251 e. The molecule has 2 amide bonds. The van der Waals surface area contributed by atoms with Crippen LogP contribution in [-0.2, 0) is 4.79 Å². The summed E-state index contributed by atoms with van der Waals surface area (Å²) in [5.74, 6) is -0.357. The molecule has 6 heteroatoms. The predicted octanol–water partition coefficient (Wildman–Crippen LogP) is 2.81. The summed E-state index contributed by atoms with van der Waals surface area (Å²) in [6, 6.07) is 16.3. The van der Waals surface area contributed by atoms with Gasteiger partial charge in [-0.3, -0.25) is 9.59 Å². The maximum atomic E-state index is 12.6. The Kier molecular flexibility index (Phi) is 5.78. The van der Waals surface area contributed by atoms with E-state index in [0.717, 1.165) is 13.1 Å². The third-order valence-electron chi connectivity index (χ3n) is 4.52. The van der Waals surface area contributed by atoms with Crippen LogP contribution in [0.25, 0.3) is 0 Å². The maximum absolute atomic E-state index is 12.6. The second kappa shape index (κ2) is 8.23. The molecule has 0 unspecified atom stereocenters. The highest BCUT2D eigenvalue weighted by molar-refractivity contribution is 6.31. The summed E-state index contributed by atoms with van der Waals surface area (Å²) in [6.45, 7) is 4.57. The van der Waals surface area contributed by atoms with Gasteiger partial charge in [-0.25, -0.2) is 0 Å². The van der Waals surface area contributed by atoms with Crippen molar-refractivity contribution in [3.63, 3.8) is 0 Å². The van der Waals surface area contributed by atoms with E-state index in [1.807, 2.05) is 23.1 Å². The lowest BCUT2D eigenvalue weighted by Gasteiger charge is -2.37. The fraction of sp³-hybridized carbons (Fsp3) is 0.300. The predicted molar refractivity (Wildman–Crippen MR) is 104 cm³/mol. The van der Waals surface area contributed by atoms with Crippen molar-refractivity contribution in [2.75, 3.05) is 31.1 Å². The number of hydrogen-bond donors (Lipinski definition) is 1. The van der Waals surface area contributed by atoms with E-state index in [1.165, 1.54) is 5.69 Å². The van der Waals surface area contributed by atoms with Crippen LogP contribution in [0.4, 0.5) is 5.69 Å². The Morgan fingerprint density at radius 2 is 1.69 bits per heavy atom. The summed E-state index contributed by atoms with van der Waals surface area (Å²) in [4.78, 5) is 29.0. The zero-order valence-corrected chi connectivity index (χ0v) is 15.4. The van der Waals surface area contributed by atoms with Gasteiger partial charge < -0.3 is 15.1 Å². The fourth-order valence-corrected chi connectivity index (χ4v) is 3.26. The zero-order chi connectivity index (χ0) is 18.5. The summed E-state index contributed by atoms with van der Waals surface area (Å²) in [5.41, 5.74) is 1.62. The van der Waals surface area contributed by atoms with Gasteiger partial charge in [-0.1, -0.05) is 35.9 Å². The Morgan fingerprint density at radius 1 is 1.00 bits per heavy atom. The number of anilines is 1. The Bertz CT molecular complexity index is 774. The van der Waals surface area contributed by atoms with Crippen molar-refractivity contribution >= 4 is 29.1 Å². The van der Waals surface area contributed by atoms with E-state index in [1.54, 1.807) is 31.2 Å². The molecule has 0 spiro atoms. The topological polar surface area (TPSA) is 52.7 Å². The molecule has 1 atom stereocenters. The molecule has 1 saturated heterocycles. The lowest BCUT2D eigenvalue weighted by molar-refractivity contribution is -0.133. The number of piperazine rings is 1. The van der Waals surface area contributed by atoms with Crippen LogP contribution in [0.15, 0.2) is 54.6 Å². The average molecular weight is 372 g/mol. The molecule has 2 aromatic rings. The van der Waals surface area contributed by atoms with Gasteiger partial charge in [-0.2, -0.15) is 0 Å². The molecular weight excluding hydrogens is 350 g/mol. The normalized spacial score (nSPS) is 15.5. The lowest BCUT2D eigenvalue weighted by atomic mass is 10.2. The van der Waals surface area contributed by atoms with E-state index >= 15 is 0 Å². The smallest absolute Gasteiger partial charge is 0.251 e. The number of carbonyl (C=O) groups excluding carboxylic acids is 2. The van der Waals surface area contributed by atoms with Crippen molar-refractivity contribution in [3.05, 3.63) is 65.2 Å². The van der Waals surface area contributed by atoms with Gasteiger partial charge in [0.15, 0.2) is 0 Å². The molecule has 0 bridgehead atoms. The number of benzene rings is 2. The van der Waals surface area contributed by atoms with Crippen molar-refractivity contribution in [2.45, 2.75) is 13.0 Å². The van der Waals surface area contributed by atoms with Crippen molar-refractivity contribution in [1.29, 1.82) is 0 Å². The van der Waals surface area contributed by atoms with Gasteiger partial charge in [0.05, 0.1) is 0 Å². The SMILES string of the molecule is C[C@H](NC(=O)c1cccc(Cl)c1)C(=O)N1CCN(c2ccccc2)CC1. The standard InChI is InChI=1S/C20H22ClN3O2/c1-15(22-19(25)16-6-5-7-17(21)14-16)20(26)24-12-10-23(11-13-24)18-8-3-2-4-9-18/h2-9,14-15H,10-13H2,1H3,(H,22,25)/t15-/m0/s1. The van der Waals surface area contributed by atoms with Crippen LogP contribution in [-0.4, -0.2) is 48.9 Å². The van der Waals surface area contributed by atoms with E-state index in [0.29, 0.717) is 23.7 Å². The minimum Gasteiger partial charge on any atom is -0.368 e. The Balaban J connectivity index is 1.54. The molecular formula is C20H22ClN3O2. The molecule has 0 saturated carbocycles. The average Bonchev–Trinajstić information content (AvgIpc) is 2.68. The quantitative estimate of drug-likeness (QED) is 0.899. The van der Waals surface area contributed by atoms with Crippen molar-refractivity contribution in [1.82, 2.24) is 10.2 Å². The number of carbonyl (C=O) groups is 2. The van der Waals surface area contributed by atoms with Crippen LogP contribution in [0.1, 0.15) is 17.3 Å². The number of nitrogens with one attached hydrogen (secondary N) is 1. The van der Waals surface area contributed by atoms with Crippen molar-refractivity contribution in [2.24, 2.45) is 0 Å². The van der Waals surface area contributed by atoms with Crippen LogP contribution in [0, 0.1) is 0 Å². The Hall–Kier alpha value is -2.53. The van der Waals surface area contributed by atoms with Crippen LogP contribution in [0.5, 0.6) is 0 Å². The van der Waals surface area contributed by atoms with Gasteiger partial charge in [0.1, 0.15) is 6.04 Å². The summed E-state index contributed by atoms with van der Waals surface area (Å²) in [6.07, 6.45) is 0. The molecule has 136 valence electrons. The van der Waals surface area contributed by atoms with E-state index in [2.05, 4.69) is 22.3 Å². The van der Waals surface area contributed by atoms with Gasteiger partial charge >= 0.3 is 0 Å². The highest BCUT2D eigenvalue weighted by Crippen LogP contribution is 2.16. The largest absolute Gasteiger partial charge is 0.368 e. The first-order chi connectivity index (χ1) is 12.5. The summed E-state index contributed by atoms with van der Waals surface area (Å²) in [5, 5.41) is 3.26. The summed E-state index contributed by atoms with van der Waals surface area (Å²) >= 11 is 5.91. The third-order valence-corrected chi connectivity index (χ3v) is 4.75. The number of nitrogens with zero attached hydrogens (tertiary/aromatic N) is 2. The van der Waals surface area contributed by atoms with E-state index in [4.69, 9.17) is 11.6 Å². The van der Waals surface area contributed by atoms with Gasteiger partial charge in [-0.15, -0.1) is 0 Å². The second-order valence-electron chi connectivity index (χ2n) is 6.35. The zero-order valence-electron chi connectivity index (χ0n) is 14.7. The van der Waals surface area contributed by atoms with Crippen LogP contribution in [0.2, 0.25) is 5.02 Å². The minimum atomic E-state index is -0.579. The molecule has 1 aliphatic heterocycles. The Morgan fingerprint density at radius 3 is 2.35 bits per heavy atom. The molecule has 0 aromatic heterocycles. The molecule has 0 radical (unpaired) electrons. The molecule has 1 N–H and O–H groups in total. The fourth-order valence-electron chi connectivity index (χ4n) is 3.07. The molecule has 3 rings (SSSR count). The highest BCUT2D eigenvalue weighted by atomic mass is 35.5. The van der Waals surface area contributed by atoms with Crippen LogP contribution >= 0.6 is 11.6 Å². The third kappa shape index (κ3) is 4.35. The monoisotopic (exact) mass is 371 g/mol. The van der Waals surface area contributed by atoms with Crippen LogP contribution < -0.4 is 10.2 Å². The summed E-state index contributed by atoms with van der Waals surface area (Å²) in [7, 11) is 0. The van der Waals surface area contributed by atoms with Gasteiger partial charge in [-0.05, 0) is 37.3 Å². The Labute approximate surface area is 158 Å². The van der Waals surface area contributed by atoms with Crippen LogP contribution in [0.3, 0.4) is 0 Å². The number of para-hydroxylation sites is 1. The lowest BCUT2D eigenvalue weighted by Crippen LogP contribution is -2.54. The number of rotatable bonds is 4. The number of halogens is 1.